The maximum Gasteiger partial charge on any atom is 0.162 e. The van der Waals surface area contributed by atoms with Crippen LogP contribution < -0.4 is 9.47 Å². The minimum atomic E-state index is 0.333. The van der Waals surface area contributed by atoms with Crippen LogP contribution >= 0.6 is 11.6 Å². The molecule has 2 aromatic rings. The van der Waals surface area contributed by atoms with Crippen molar-refractivity contribution in [2.75, 3.05) is 14.2 Å². The van der Waals surface area contributed by atoms with Crippen molar-refractivity contribution >= 4 is 22.5 Å². The molecule has 0 aliphatic rings. The van der Waals surface area contributed by atoms with Crippen LogP contribution in [0, 0.1) is 0 Å². The minimum absolute atomic E-state index is 0.333. The zero-order valence-corrected chi connectivity index (χ0v) is 11.7. The van der Waals surface area contributed by atoms with Crippen molar-refractivity contribution < 1.29 is 9.47 Å². The van der Waals surface area contributed by atoms with E-state index >= 15 is 0 Å². The molecule has 4 heteroatoms. The highest BCUT2D eigenvalue weighted by Gasteiger charge is 2.12. The van der Waals surface area contributed by atoms with Gasteiger partial charge in [-0.15, -0.1) is 0 Å². The predicted octanol–water partition coefficient (Wildman–Crippen LogP) is 4.03. The van der Waals surface area contributed by atoms with E-state index in [1.165, 1.54) is 0 Å². The molecule has 0 amide bonds. The van der Waals surface area contributed by atoms with Gasteiger partial charge in [0.2, 0.25) is 0 Å². The molecule has 0 saturated carbocycles. The van der Waals surface area contributed by atoms with Crippen molar-refractivity contribution in [3.63, 3.8) is 0 Å². The highest BCUT2D eigenvalue weighted by molar-refractivity contribution is 6.35. The van der Waals surface area contributed by atoms with E-state index < -0.39 is 0 Å². The van der Waals surface area contributed by atoms with Crippen LogP contribution in [0.2, 0.25) is 5.02 Å². The largest absolute Gasteiger partial charge is 0.493 e. The van der Waals surface area contributed by atoms with Gasteiger partial charge in [0, 0.05) is 17.1 Å². The highest BCUT2D eigenvalue weighted by Crippen LogP contribution is 2.35. The van der Waals surface area contributed by atoms with Crippen LogP contribution in [0.4, 0.5) is 0 Å². The second-order valence-corrected chi connectivity index (χ2v) is 4.82. The molecule has 0 saturated heterocycles. The van der Waals surface area contributed by atoms with Crippen LogP contribution in [0.3, 0.4) is 0 Å². The number of pyridine rings is 1. The van der Waals surface area contributed by atoms with Gasteiger partial charge in [0.05, 0.1) is 24.8 Å². The molecular formula is C14H16ClNO2. The fourth-order valence-corrected chi connectivity index (χ4v) is 2.09. The first-order chi connectivity index (χ1) is 8.56. The summed E-state index contributed by atoms with van der Waals surface area (Å²) in [5.41, 5.74) is 1.79. The summed E-state index contributed by atoms with van der Waals surface area (Å²) >= 11 is 6.29. The van der Waals surface area contributed by atoms with Gasteiger partial charge >= 0.3 is 0 Å². The smallest absolute Gasteiger partial charge is 0.162 e. The molecule has 18 heavy (non-hydrogen) atoms. The Kier molecular flexibility index (Phi) is 3.62. The Labute approximate surface area is 112 Å². The van der Waals surface area contributed by atoms with E-state index in [4.69, 9.17) is 21.1 Å². The first kappa shape index (κ1) is 13.0. The summed E-state index contributed by atoms with van der Waals surface area (Å²) in [6, 6.07) is 5.61. The lowest BCUT2D eigenvalue weighted by Crippen LogP contribution is -1.96. The molecular weight excluding hydrogens is 250 g/mol. The number of aromatic nitrogens is 1. The van der Waals surface area contributed by atoms with Crippen molar-refractivity contribution in [2.24, 2.45) is 0 Å². The van der Waals surface area contributed by atoms with Gasteiger partial charge in [-0.3, -0.25) is 4.98 Å². The SMILES string of the molecule is COc1cc2nc(C(C)C)cc(Cl)c2cc1OC. The van der Waals surface area contributed by atoms with Crippen molar-refractivity contribution in [1.82, 2.24) is 4.98 Å². The molecule has 0 bridgehead atoms. The Hall–Kier alpha value is -1.48. The number of hydrogen-bond acceptors (Lipinski definition) is 3. The maximum absolute atomic E-state index is 6.29. The van der Waals surface area contributed by atoms with Gasteiger partial charge in [-0.25, -0.2) is 0 Å². The van der Waals surface area contributed by atoms with Crippen molar-refractivity contribution in [3.8, 4) is 11.5 Å². The number of ether oxygens (including phenoxy) is 2. The third-order valence-electron chi connectivity index (χ3n) is 2.87. The van der Waals surface area contributed by atoms with Crippen LogP contribution in [0.5, 0.6) is 11.5 Å². The molecule has 0 N–H and O–H groups in total. The molecule has 0 atom stereocenters. The van der Waals surface area contributed by atoms with E-state index in [-0.39, 0.29) is 0 Å². The van der Waals surface area contributed by atoms with Gasteiger partial charge in [-0.1, -0.05) is 25.4 Å². The van der Waals surface area contributed by atoms with Crippen LogP contribution in [0.25, 0.3) is 10.9 Å². The standard InChI is InChI=1S/C14H16ClNO2/c1-8(2)11-6-10(15)9-5-13(17-3)14(18-4)7-12(9)16-11/h5-8H,1-4H3. The zero-order valence-electron chi connectivity index (χ0n) is 11.0. The summed E-state index contributed by atoms with van der Waals surface area (Å²) in [5, 5.41) is 1.56. The lowest BCUT2D eigenvalue weighted by atomic mass is 10.1. The molecule has 2 rings (SSSR count). The second kappa shape index (κ2) is 5.02. The summed E-state index contributed by atoms with van der Waals surface area (Å²) in [7, 11) is 3.21. The first-order valence-electron chi connectivity index (χ1n) is 5.79. The third-order valence-corrected chi connectivity index (χ3v) is 3.19. The molecule has 1 aromatic carbocycles. The van der Waals surface area contributed by atoms with Crippen LogP contribution in [0.15, 0.2) is 18.2 Å². The third kappa shape index (κ3) is 2.23. The highest BCUT2D eigenvalue weighted by atomic mass is 35.5. The number of nitrogens with zero attached hydrogens (tertiary/aromatic N) is 1. The van der Waals surface area contributed by atoms with Gasteiger partial charge in [0.25, 0.3) is 0 Å². The molecule has 3 nitrogen and oxygen atoms in total. The van der Waals surface area contributed by atoms with Gasteiger partial charge in [0.15, 0.2) is 11.5 Å². The number of benzene rings is 1. The number of hydrogen-bond donors (Lipinski definition) is 0. The molecule has 0 radical (unpaired) electrons. The Bertz CT molecular complexity index is 582. The number of fused-ring (bicyclic) bond motifs is 1. The molecule has 0 aliphatic heterocycles. The van der Waals surface area contributed by atoms with E-state index in [2.05, 4.69) is 18.8 Å². The fourth-order valence-electron chi connectivity index (χ4n) is 1.83. The van der Waals surface area contributed by atoms with Gasteiger partial charge in [-0.2, -0.15) is 0 Å². The maximum atomic E-state index is 6.29. The average Bonchev–Trinajstić information content (AvgIpc) is 2.36. The van der Waals surface area contributed by atoms with E-state index in [0.29, 0.717) is 22.4 Å². The van der Waals surface area contributed by atoms with Crippen molar-refractivity contribution in [2.45, 2.75) is 19.8 Å². The average molecular weight is 266 g/mol. The quantitative estimate of drug-likeness (QED) is 0.840. The van der Waals surface area contributed by atoms with E-state index in [1.54, 1.807) is 14.2 Å². The van der Waals surface area contributed by atoms with E-state index in [9.17, 15) is 0 Å². The first-order valence-corrected chi connectivity index (χ1v) is 6.16. The Morgan fingerprint density at radius 3 is 2.22 bits per heavy atom. The Morgan fingerprint density at radius 1 is 1.06 bits per heavy atom. The summed E-state index contributed by atoms with van der Waals surface area (Å²) < 4.78 is 10.5. The van der Waals surface area contributed by atoms with Crippen LogP contribution in [-0.4, -0.2) is 19.2 Å². The van der Waals surface area contributed by atoms with Crippen molar-refractivity contribution in [1.29, 1.82) is 0 Å². The summed E-state index contributed by atoms with van der Waals surface area (Å²) in [6.07, 6.45) is 0. The molecule has 1 heterocycles. The molecule has 0 aliphatic carbocycles. The van der Waals surface area contributed by atoms with Gasteiger partial charge < -0.3 is 9.47 Å². The molecule has 0 spiro atoms. The number of halogens is 1. The lowest BCUT2D eigenvalue weighted by Gasteiger charge is -2.12. The van der Waals surface area contributed by atoms with E-state index in [0.717, 1.165) is 16.6 Å². The Balaban J connectivity index is 2.72. The molecule has 1 aromatic heterocycles. The number of methoxy groups -OCH3 is 2. The topological polar surface area (TPSA) is 31.4 Å². The molecule has 96 valence electrons. The summed E-state index contributed by atoms with van der Waals surface area (Å²) in [5.74, 6) is 1.65. The minimum Gasteiger partial charge on any atom is -0.493 e. The van der Waals surface area contributed by atoms with Crippen molar-refractivity contribution in [3.05, 3.63) is 28.9 Å². The van der Waals surface area contributed by atoms with Crippen LogP contribution in [0.1, 0.15) is 25.5 Å². The molecule has 0 unspecified atom stereocenters. The van der Waals surface area contributed by atoms with Gasteiger partial charge in [0.1, 0.15) is 0 Å². The normalized spacial score (nSPS) is 11.0. The summed E-state index contributed by atoms with van der Waals surface area (Å²) in [6.45, 7) is 4.18. The fraction of sp³-hybridized carbons (Fsp3) is 0.357. The second-order valence-electron chi connectivity index (χ2n) is 4.41. The summed E-state index contributed by atoms with van der Waals surface area (Å²) in [4.78, 5) is 4.60. The van der Waals surface area contributed by atoms with Crippen LogP contribution in [-0.2, 0) is 0 Å². The zero-order chi connectivity index (χ0) is 13.3. The lowest BCUT2D eigenvalue weighted by molar-refractivity contribution is 0.356. The predicted molar refractivity (Wildman–Crippen MR) is 73.9 cm³/mol. The Morgan fingerprint density at radius 2 is 1.67 bits per heavy atom. The molecule has 0 fully saturated rings. The number of rotatable bonds is 3. The van der Waals surface area contributed by atoms with E-state index in [1.807, 2.05) is 18.2 Å². The van der Waals surface area contributed by atoms with Gasteiger partial charge in [-0.05, 0) is 18.1 Å². The monoisotopic (exact) mass is 265 g/mol.